The second-order valence-corrected chi connectivity index (χ2v) is 2.04. The van der Waals surface area contributed by atoms with Crippen molar-refractivity contribution < 1.29 is 24.3 Å². The first-order chi connectivity index (χ1) is 7.53. The largest absolute Gasteiger partial charge is 0.460 e. The smallest absolute Gasteiger partial charge is 0.411 e. The van der Waals surface area contributed by atoms with Crippen molar-refractivity contribution in [2.24, 2.45) is 10.9 Å². The van der Waals surface area contributed by atoms with Crippen molar-refractivity contribution in [1.82, 2.24) is 0 Å². The van der Waals surface area contributed by atoms with Crippen molar-refractivity contribution in [3.05, 3.63) is 0 Å². The molecule has 0 saturated heterocycles. The van der Waals surface area contributed by atoms with Gasteiger partial charge in [-0.05, 0) is 13.8 Å². The van der Waals surface area contributed by atoms with E-state index < -0.39 is 17.8 Å². The van der Waals surface area contributed by atoms with Gasteiger partial charge in [0.15, 0.2) is 6.07 Å². The maximum Gasteiger partial charge on any atom is 0.411 e. The molecule has 8 nitrogen and oxygen atoms in total. The molecule has 0 aliphatic carbocycles. The second-order valence-electron chi connectivity index (χ2n) is 2.04. The van der Waals surface area contributed by atoms with Crippen LogP contribution in [0.2, 0.25) is 0 Å². The summed E-state index contributed by atoms with van der Waals surface area (Å²) in [5, 5.41) is 18.1. The fraction of sp³-hybridized carbons (Fsp3) is 0.500. The third-order valence-corrected chi connectivity index (χ3v) is 0.959. The minimum Gasteiger partial charge on any atom is -0.460 e. The van der Waals surface area contributed by atoms with Crippen LogP contribution in [0.5, 0.6) is 0 Å². The van der Waals surface area contributed by atoms with Crippen molar-refractivity contribution in [1.29, 1.82) is 5.26 Å². The Morgan fingerprint density at radius 2 is 1.88 bits per heavy atom. The maximum absolute atomic E-state index is 10.3. The van der Waals surface area contributed by atoms with E-state index in [0.29, 0.717) is 0 Å². The number of amidine groups is 1. The lowest BCUT2D eigenvalue weighted by atomic mass is 10.6. The lowest BCUT2D eigenvalue weighted by Crippen LogP contribution is -2.25. The first-order valence-electron chi connectivity index (χ1n) is 4.24. The molecule has 8 heteroatoms. The molecule has 0 bridgehead atoms. The van der Waals surface area contributed by atoms with Crippen LogP contribution in [0.25, 0.3) is 0 Å². The molecule has 90 valence electrons. The minimum absolute atomic E-state index is 0.217. The SMILES string of the molecule is CCOC(=O)/C(N)=N\O.CCOC(=O)C#N. The van der Waals surface area contributed by atoms with E-state index in [2.05, 4.69) is 14.6 Å². The number of carbonyl (C=O) groups is 2. The van der Waals surface area contributed by atoms with Gasteiger partial charge >= 0.3 is 11.9 Å². The van der Waals surface area contributed by atoms with Crippen LogP contribution in [-0.4, -0.2) is 36.2 Å². The molecule has 3 N–H and O–H groups in total. The second kappa shape index (κ2) is 10.8. The standard InChI is InChI=1S/C4H8N2O3.C4H5NO2/c1-2-9-4(7)3(5)6-8;1-2-7-4(6)3-5/h8H,2H2,1H3,(H2,5,6);2H2,1H3. The van der Waals surface area contributed by atoms with Gasteiger partial charge in [-0.2, -0.15) is 5.26 Å². The van der Waals surface area contributed by atoms with Crippen LogP contribution in [0.3, 0.4) is 0 Å². The molecule has 0 rings (SSSR count). The number of carbonyl (C=O) groups excluding carboxylic acids is 2. The number of nitriles is 1. The van der Waals surface area contributed by atoms with Crippen LogP contribution in [0.4, 0.5) is 0 Å². The number of oxime groups is 1. The van der Waals surface area contributed by atoms with E-state index in [1.54, 1.807) is 13.8 Å². The van der Waals surface area contributed by atoms with E-state index in [4.69, 9.17) is 16.2 Å². The van der Waals surface area contributed by atoms with Crippen LogP contribution >= 0.6 is 0 Å². The molecular formula is C8H13N3O5. The van der Waals surface area contributed by atoms with Crippen LogP contribution in [0.1, 0.15) is 13.8 Å². The molecule has 0 aliphatic heterocycles. The van der Waals surface area contributed by atoms with Crippen LogP contribution < -0.4 is 5.73 Å². The number of hydrogen-bond acceptors (Lipinski definition) is 7. The molecule has 0 aromatic carbocycles. The van der Waals surface area contributed by atoms with E-state index in [-0.39, 0.29) is 13.2 Å². The van der Waals surface area contributed by atoms with Crippen molar-refractivity contribution in [2.75, 3.05) is 13.2 Å². The number of nitrogens with two attached hydrogens (primary N) is 1. The molecule has 0 spiro atoms. The lowest BCUT2D eigenvalue weighted by Gasteiger charge is -1.96. The van der Waals surface area contributed by atoms with Gasteiger partial charge in [-0.3, -0.25) is 0 Å². The third kappa shape index (κ3) is 9.79. The molecule has 0 unspecified atom stereocenters. The molecule has 0 aromatic heterocycles. The maximum atomic E-state index is 10.3. The summed E-state index contributed by atoms with van der Waals surface area (Å²) in [5.41, 5.74) is 4.83. The van der Waals surface area contributed by atoms with Gasteiger partial charge in [0.05, 0.1) is 13.2 Å². The highest BCUT2D eigenvalue weighted by Crippen LogP contribution is 1.76. The van der Waals surface area contributed by atoms with Gasteiger partial charge in [0.1, 0.15) is 0 Å². The van der Waals surface area contributed by atoms with Gasteiger partial charge in [-0.25, -0.2) is 9.59 Å². The van der Waals surface area contributed by atoms with E-state index in [0.717, 1.165) is 0 Å². The van der Waals surface area contributed by atoms with E-state index >= 15 is 0 Å². The van der Waals surface area contributed by atoms with E-state index in [1.807, 2.05) is 0 Å². The lowest BCUT2D eigenvalue weighted by molar-refractivity contribution is -0.136. The zero-order valence-corrected chi connectivity index (χ0v) is 8.97. The molecule has 0 saturated carbocycles. The van der Waals surface area contributed by atoms with Gasteiger partial charge in [0.2, 0.25) is 5.84 Å². The Kier molecular flexibility index (Phi) is 10.9. The highest BCUT2D eigenvalue weighted by Gasteiger charge is 2.05. The molecule has 0 fully saturated rings. The number of ether oxygens (including phenoxy) is 2. The van der Waals surface area contributed by atoms with Gasteiger partial charge in [-0.1, -0.05) is 5.16 Å². The summed E-state index contributed by atoms with van der Waals surface area (Å²) in [6.07, 6.45) is 0. The quantitative estimate of drug-likeness (QED) is 0.161. The van der Waals surface area contributed by atoms with Gasteiger partial charge < -0.3 is 20.4 Å². The Labute approximate surface area is 92.2 Å². The molecule has 0 amide bonds. The predicted molar refractivity (Wildman–Crippen MR) is 52.3 cm³/mol. The number of hydrogen-bond donors (Lipinski definition) is 2. The van der Waals surface area contributed by atoms with Gasteiger partial charge in [-0.15, -0.1) is 0 Å². The number of rotatable bonds is 2. The van der Waals surface area contributed by atoms with Crippen LogP contribution in [0.15, 0.2) is 5.16 Å². The minimum atomic E-state index is -0.817. The first-order valence-corrected chi connectivity index (χ1v) is 4.24. The topological polar surface area (TPSA) is 135 Å². The molecule has 0 atom stereocenters. The summed E-state index contributed by atoms with van der Waals surface area (Å²) >= 11 is 0. The zero-order chi connectivity index (χ0) is 13.0. The highest BCUT2D eigenvalue weighted by atomic mass is 16.5. The van der Waals surface area contributed by atoms with Crippen molar-refractivity contribution in [2.45, 2.75) is 13.8 Å². The monoisotopic (exact) mass is 231 g/mol. The van der Waals surface area contributed by atoms with Crippen molar-refractivity contribution >= 4 is 17.8 Å². The Bertz CT molecular complexity index is 295. The van der Waals surface area contributed by atoms with Crippen LogP contribution in [-0.2, 0) is 19.1 Å². The third-order valence-electron chi connectivity index (χ3n) is 0.959. The molecule has 0 aromatic rings. The normalized spacial score (nSPS) is 9.19. The fourth-order valence-electron chi connectivity index (χ4n) is 0.409. The average molecular weight is 231 g/mol. The first kappa shape index (κ1) is 16.1. The summed E-state index contributed by atoms with van der Waals surface area (Å²) in [7, 11) is 0. The summed E-state index contributed by atoms with van der Waals surface area (Å²) < 4.78 is 8.53. The summed E-state index contributed by atoms with van der Waals surface area (Å²) in [5.74, 6) is -2.15. The van der Waals surface area contributed by atoms with E-state index in [1.165, 1.54) is 6.07 Å². The fourth-order valence-corrected chi connectivity index (χ4v) is 0.409. The molecule has 0 aliphatic rings. The van der Waals surface area contributed by atoms with Crippen molar-refractivity contribution in [3.8, 4) is 6.07 Å². The number of nitrogens with zero attached hydrogens (tertiary/aromatic N) is 2. The number of esters is 2. The Morgan fingerprint density at radius 3 is 2.12 bits per heavy atom. The average Bonchev–Trinajstić information content (AvgIpc) is 2.29. The Balaban J connectivity index is 0. The van der Waals surface area contributed by atoms with Crippen LogP contribution in [0, 0.1) is 11.3 Å². The van der Waals surface area contributed by atoms with E-state index in [9.17, 15) is 9.59 Å². The zero-order valence-electron chi connectivity index (χ0n) is 8.97. The molecule has 16 heavy (non-hydrogen) atoms. The molecule has 0 heterocycles. The predicted octanol–water partition coefficient (Wildman–Crippen LogP) is -0.631. The van der Waals surface area contributed by atoms with Gasteiger partial charge in [0.25, 0.3) is 0 Å². The van der Waals surface area contributed by atoms with Crippen molar-refractivity contribution in [3.63, 3.8) is 0 Å². The molecule has 0 radical (unpaired) electrons. The summed E-state index contributed by atoms with van der Waals surface area (Å²) in [6, 6.07) is 1.30. The van der Waals surface area contributed by atoms with Gasteiger partial charge in [0, 0.05) is 0 Å². The Hall–Kier alpha value is -2.30. The highest BCUT2D eigenvalue weighted by molar-refractivity contribution is 6.34. The molecular weight excluding hydrogens is 218 g/mol. The Morgan fingerprint density at radius 1 is 1.38 bits per heavy atom. The summed E-state index contributed by atoms with van der Waals surface area (Å²) in [6.45, 7) is 3.76. The summed E-state index contributed by atoms with van der Waals surface area (Å²) in [4.78, 5) is 20.2.